The Bertz CT molecular complexity index is 628. The highest BCUT2D eigenvalue weighted by atomic mass is 16.5. The molecule has 6 nitrogen and oxygen atoms in total. The van der Waals surface area contributed by atoms with E-state index < -0.39 is 0 Å². The Balaban J connectivity index is 2.17. The lowest BCUT2D eigenvalue weighted by atomic mass is 10.2. The summed E-state index contributed by atoms with van der Waals surface area (Å²) in [5.41, 5.74) is 7.92. The number of amides is 1. The lowest BCUT2D eigenvalue weighted by Gasteiger charge is -2.06. The summed E-state index contributed by atoms with van der Waals surface area (Å²) in [5, 5.41) is 6.93. The fourth-order valence-electron chi connectivity index (χ4n) is 2.37. The molecule has 6 heteroatoms. The number of rotatable bonds is 6. The second-order valence-corrected chi connectivity index (χ2v) is 5.17. The van der Waals surface area contributed by atoms with E-state index in [1.807, 2.05) is 37.5 Å². The number of carbonyl (C=O) groups excluding carboxylic acids is 1. The molecule has 0 saturated carbocycles. The van der Waals surface area contributed by atoms with E-state index in [2.05, 4.69) is 10.5 Å². The number of carbonyl (C=O) groups is 1. The van der Waals surface area contributed by atoms with E-state index in [9.17, 15) is 4.79 Å². The summed E-state index contributed by atoms with van der Waals surface area (Å²) in [5.74, 6) is 1.38. The molecule has 0 unspecified atom stereocenters. The normalized spacial score (nSPS) is 10.9. The van der Waals surface area contributed by atoms with Crippen LogP contribution in [0.15, 0.2) is 16.7 Å². The Morgan fingerprint density at radius 2 is 2.10 bits per heavy atom. The zero-order valence-electron chi connectivity index (χ0n) is 12.8. The first kappa shape index (κ1) is 15.3. The highest BCUT2D eigenvalue weighted by Crippen LogP contribution is 2.20. The number of nitrogens with two attached hydrogens (primary N) is 1. The molecule has 0 radical (unpaired) electrons. The molecule has 0 atom stereocenters. The first-order valence-corrected chi connectivity index (χ1v) is 7.15. The molecule has 1 amide bonds. The van der Waals surface area contributed by atoms with Crippen LogP contribution in [0.5, 0.6) is 0 Å². The van der Waals surface area contributed by atoms with Crippen LogP contribution in [-0.4, -0.2) is 28.7 Å². The molecule has 0 aromatic carbocycles. The lowest BCUT2D eigenvalue weighted by molar-refractivity contribution is 0.0952. The zero-order valence-corrected chi connectivity index (χ0v) is 12.8. The topological polar surface area (TPSA) is 86.1 Å². The highest BCUT2D eigenvalue weighted by molar-refractivity contribution is 5.95. The molecule has 2 heterocycles. The van der Waals surface area contributed by atoms with Crippen molar-refractivity contribution < 1.29 is 9.32 Å². The van der Waals surface area contributed by atoms with Gasteiger partial charge in [0.1, 0.15) is 5.76 Å². The maximum atomic E-state index is 12.2. The third kappa shape index (κ3) is 3.33. The van der Waals surface area contributed by atoms with Gasteiger partial charge in [0.15, 0.2) is 5.82 Å². The van der Waals surface area contributed by atoms with E-state index in [0.717, 1.165) is 30.0 Å². The third-order valence-corrected chi connectivity index (χ3v) is 3.44. The largest absolute Gasteiger partial charge is 0.360 e. The van der Waals surface area contributed by atoms with Crippen molar-refractivity contribution in [3.05, 3.63) is 34.8 Å². The molecule has 0 spiro atoms. The SMILES string of the molecule is Cc1cc(-n2c(C)cc(C(=O)NCCCCN)c2C)no1. The standard InChI is InChI=1S/C15H22N4O2/c1-10-8-13(15(20)17-7-5-4-6-16)12(3)19(10)14-9-11(2)21-18-14/h8-9H,4-7,16H2,1-3H3,(H,17,20). The van der Waals surface area contributed by atoms with Crippen molar-refractivity contribution in [1.82, 2.24) is 15.0 Å². The molecular weight excluding hydrogens is 268 g/mol. The number of hydrogen-bond acceptors (Lipinski definition) is 4. The van der Waals surface area contributed by atoms with Crippen LogP contribution in [0.25, 0.3) is 5.82 Å². The lowest BCUT2D eigenvalue weighted by Crippen LogP contribution is -2.25. The molecule has 21 heavy (non-hydrogen) atoms. The van der Waals surface area contributed by atoms with Gasteiger partial charge >= 0.3 is 0 Å². The fourth-order valence-corrected chi connectivity index (χ4v) is 2.37. The van der Waals surface area contributed by atoms with Crippen molar-refractivity contribution >= 4 is 5.91 Å². The van der Waals surface area contributed by atoms with Crippen molar-refractivity contribution in [3.8, 4) is 5.82 Å². The Morgan fingerprint density at radius 1 is 1.33 bits per heavy atom. The summed E-state index contributed by atoms with van der Waals surface area (Å²) < 4.78 is 7.03. The zero-order chi connectivity index (χ0) is 15.4. The molecule has 0 saturated heterocycles. The molecule has 0 aliphatic rings. The summed E-state index contributed by atoms with van der Waals surface area (Å²) in [4.78, 5) is 12.2. The molecule has 0 bridgehead atoms. The first-order valence-electron chi connectivity index (χ1n) is 7.15. The summed E-state index contributed by atoms with van der Waals surface area (Å²) in [6.07, 6.45) is 1.81. The summed E-state index contributed by atoms with van der Waals surface area (Å²) >= 11 is 0. The maximum absolute atomic E-state index is 12.2. The number of nitrogens with zero attached hydrogens (tertiary/aromatic N) is 2. The van der Waals surface area contributed by atoms with Crippen LogP contribution >= 0.6 is 0 Å². The Labute approximate surface area is 124 Å². The first-order chi connectivity index (χ1) is 10.0. The van der Waals surface area contributed by atoms with Crippen LogP contribution in [0.1, 0.15) is 40.3 Å². The van der Waals surface area contributed by atoms with E-state index in [0.29, 0.717) is 24.5 Å². The second-order valence-electron chi connectivity index (χ2n) is 5.17. The van der Waals surface area contributed by atoms with Crippen LogP contribution < -0.4 is 11.1 Å². The molecule has 2 rings (SSSR count). The average molecular weight is 290 g/mol. The monoisotopic (exact) mass is 290 g/mol. The highest BCUT2D eigenvalue weighted by Gasteiger charge is 2.17. The van der Waals surface area contributed by atoms with Gasteiger partial charge < -0.3 is 15.6 Å². The minimum atomic E-state index is -0.0633. The van der Waals surface area contributed by atoms with Crippen LogP contribution in [0, 0.1) is 20.8 Å². The van der Waals surface area contributed by atoms with E-state index >= 15 is 0 Å². The van der Waals surface area contributed by atoms with E-state index in [-0.39, 0.29) is 5.91 Å². The smallest absolute Gasteiger partial charge is 0.253 e. The van der Waals surface area contributed by atoms with E-state index in [1.54, 1.807) is 0 Å². The summed E-state index contributed by atoms with van der Waals surface area (Å²) in [7, 11) is 0. The predicted octanol–water partition coefficient (Wildman–Crippen LogP) is 1.86. The quantitative estimate of drug-likeness (QED) is 0.795. The van der Waals surface area contributed by atoms with Crippen molar-refractivity contribution in [3.63, 3.8) is 0 Å². The number of aryl methyl sites for hydroxylation is 2. The predicted molar refractivity (Wildman–Crippen MR) is 80.7 cm³/mol. The van der Waals surface area contributed by atoms with Gasteiger partial charge in [-0.15, -0.1) is 0 Å². The number of aromatic nitrogens is 2. The molecule has 114 valence electrons. The number of hydrogen-bond donors (Lipinski definition) is 2. The molecule has 0 fully saturated rings. The van der Waals surface area contributed by atoms with Gasteiger partial charge in [0.05, 0.1) is 5.56 Å². The average Bonchev–Trinajstić information content (AvgIpc) is 2.98. The van der Waals surface area contributed by atoms with Gasteiger partial charge in [-0.2, -0.15) is 0 Å². The molecule has 3 N–H and O–H groups in total. The Morgan fingerprint density at radius 3 is 2.71 bits per heavy atom. The fraction of sp³-hybridized carbons (Fsp3) is 0.467. The van der Waals surface area contributed by atoms with Gasteiger partial charge in [0, 0.05) is 24.0 Å². The van der Waals surface area contributed by atoms with Crippen molar-refractivity contribution in [2.45, 2.75) is 33.6 Å². The number of unbranched alkanes of at least 4 members (excludes halogenated alkanes) is 1. The molecule has 0 aliphatic heterocycles. The van der Waals surface area contributed by atoms with Crippen LogP contribution in [0.3, 0.4) is 0 Å². The summed E-state index contributed by atoms with van der Waals surface area (Å²) in [6.45, 7) is 6.99. The number of nitrogens with one attached hydrogen (secondary N) is 1. The van der Waals surface area contributed by atoms with Gasteiger partial charge in [0.2, 0.25) is 0 Å². The van der Waals surface area contributed by atoms with Gasteiger partial charge in [-0.3, -0.25) is 9.36 Å². The Hall–Kier alpha value is -2.08. The van der Waals surface area contributed by atoms with E-state index in [4.69, 9.17) is 10.3 Å². The van der Waals surface area contributed by atoms with Crippen molar-refractivity contribution in [2.75, 3.05) is 13.1 Å². The van der Waals surface area contributed by atoms with Gasteiger partial charge in [-0.25, -0.2) is 0 Å². The van der Waals surface area contributed by atoms with Gasteiger partial charge in [0.25, 0.3) is 5.91 Å². The Kier molecular flexibility index (Phi) is 4.80. The summed E-state index contributed by atoms with van der Waals surface area (Å²) in [6, 6.07) is 3.72. The molecular formula is C15H22N4O2. The minimum absolute atomic E-state index is 0.0633. The van der Waals surface area contributed by atoms with Crippen molar-refractivity contribution in [1.29, 1.82) is 0 Å². The maximum Gasteiger partial charge on any atom is 0.253 e. The van der Waals surface area contributed by atoms with Crippen LogP contribution in [0.2, 0.25) is 0 Å². The van der Waals surface area contributed by atoms with Crippen LogP contribution in [0.4, 0.5) is 0 Å². The molecule has 0 aliphatic carbocycles. The third-order valence-electron chi connectivity index (χ3n) is 3.44. The molecule has 2 aromatic rings. The second kappa shape index (κ2) is 6.58. The van der Waals surface area contributed by atoms with Gasteiger partial charge in [-0.05, 0) is 46.2 Å². The molecule has 2 aromatic heterocycles. The van der Waals surface area contributed by atoms with Crippen molar-refractivity contribution in [2.24, 2.45) is 5.73 Å². The minimum Gasteiger partial charge on any atom is -0.360 e. The van der Waals surface area contributed by atoms with Gasteiger partial charge in [-0.1, -0.05) is 5.16 Å². The van der Waals surface area contributed by atoms with E-state index in [1.165, 1.54) is 0 Å². The van der Waals surface area contributed by atoms with Crippen LogP contribution in [-0.2, 0) is 0 Å².